The molecule has 3 nitrogen and oxygen atoms in total. The maximum atomic E-state index is 5.23. The Kier molecular flexibility index (Phi) is 6.16. The molecule has 1 aromatic rings. The Morgan fingerprint density at radius 3 is 2.06 bits per heavy atom. The van der Waals surface area contributed by atoms with Crippen LogP contribution in [0.1, 0.15) is 38.7 Å². The molecule has 0 spiro atoms. The van der Waals surface area contributed by atoms with Crippen molar-refractivity contribution in [1.82, 2.24) is 0 Å². The molecule has 1 N–H and O–H groups in total. The fourth-order valence-corrected chi connectivity index (χ4v) is 1.98. The van der Waals surface area contributed by atoms with Crippen LogP contribution in [0.15, 0.2) is 24.3 Å². The summed E-state index contributed by atoms with van der Waals surface area (Å²) in [5.41, 5.74) is 2.47. The van der Waals surface area contributed by atoms with E-state index in [-0.39, 0.29) is 12.3 Å². The molecule has 3 heteroatoms. The van der Waals surface area contributed by atoms with Crippen LogP contribution in [0.5, 0.6) is 0 Å². The third-order valence-corrected chi connectivity index (χ3v) is 3.36. The normalized spacial score (nSPS) is 14.6. The zero-order valence-corrected chi connectivity index (χ0v) is 12.1. The fourth-order valence-electron chi connectivity index (χ4n) is 1.98. The largest absolute Gasteiger partial charge is 0.377 e. The lowest BCUT2D eigenvalue weighted by atomic mass is 9.98. The molecule has 2 atom stereocenters. The summed E-state index contributed by atoms with van der Waals surface area (Å²) in [6.45, 7) is 6.50. The Hall–Kier alpha value is -1.06. The van der Waals surface area contributed by atoms with Gasteiger partial charge in [0.05, 0.1) is 6.04 Å². The maximum absolute atomic E-state index is 5.23. The van der Waals surface area contributed by atoms with Crippen molar-refractivity contribution < 1.29 is 9.47 Å². The van der Waals surface area contributed by atoms with Crippen molar-refractivity contribution in [3.63, 3.8) is 0 Å². The summed E-state index contributed by atoms with van der Waals surface area (Å²) in [5, 5.41) is 3.38. The Balaban J connectivity index is 2.63. The first-order chi connectivity index (χ1) is 8.62. The molecule has 0 amide bonds. The number of ether oxygens (including phenoxy) is 2. The third-order valence-electron chi connectivity index (χ3n) is 3.36. The van der Waals surface area contributed by atoms with Gasteiger partial charge in [0.15, 0.2) is 6.29 Å². The summed E-state index contributed by atoms with van der Waals surface area (Å²) in [6.07, 6.45) is 0.928. The second-order valence-electron chi connectivity index (χ2n) is 4.70. The van der Waals surface area contributed by atoms with Crippen LogP contribution >= 0.6 is 0 Å². The quantitative estimate of drug-likeness (QED) is 0.751. The Morgan fingerprint density at radius 1 is 1.06 bits per heavy atom. The van der Waals surface area contributed by atoms with Gasteiger partial charge in [-0.1, -0.05) is 26.0 Å². The van der Waals surface area contributed by atoms with E-state index < -0.39 is 0 Å². The van der Waals surface area contributed by atoms with Crippen LogP contribution < -0.4 is 5.32 Å². The molecule has 0 fully saturated rings. The molecule has 1 rings (SSSR count). The van der Waals surface area contributed by atoms with Gasteiger partial charge in [-0.3, -0.25) is 0 Å². The van der Waals surface area contributed by atoms with Gasteiger partial charge < -0.3 is 14.8 Å². The lowest BCUT2D eigenvalue weighted by Gasteiger charge is -2.23. The Bertz CT molecular complexity index is 333. The molecule has 0 heterocycles. The number of anilines is 1. The first-order valence-electron chi connectivity index (χ1n) is 6.54. The summed E-state index contributed by atoms with van der Waals surface area (Å²) in [4.78, 5) is 0. The highest BCUT2D eigenvalue weighted by Gasteiger charge is 2.15. The van der Waals surface area contributed by atoms with Gasteiger partial charge in [0.1, 0.15) is 0 Å². The molecule has 0 aliphatic heterocycles. The van der Waals surface area contributed by atoms with E-state index in [4.69, 9.17) is 9.47 Å². The van der Waals surface area contributed by atoms with Gasteiger partial charge in [-0.2, -0.15) is 0 Å². The fraction of sp³-hybridized carbons (Fsp3) is 0.600. The predicted octanol–water partition coefficient (Wildman–Crippen LogP) is 3.62. The highest BCUT2D eigenvalue weighted by atomic mass is 16.7. The lowest BCUT2D eigenvalue weighted by molar-refractivity contribution is -0.109. The molecule has 1 aromatic carbocycles. The van der Waals surface area contributed by atoms with Crippen LogP contribution in [0, 0.1) is 0 Å². The van der Waals surface area contributed by atoms with Crippen LogP contribution in [0.3, 0.4) is 0 Å². The number of hydrogen-bond donors (Lipinski definition) is 1. The van der Waals surface area contributed by atoms with Crippen molar-refractivity contribution in [2.24, 2.45) is 0 Å². The summed E-state index contributed by atoms with van der Waals surface area (Å²) in [5.74, 6) is 0.613. The van der Waals surface area contributed by atoms with Gasteiger partial charge in [-0.05, 0) is 37.0 Å². The molecule has 102 valence electrons. The van der Waals surface area contributed by atoms with Crippen LogP contribution in [0.25, 0.3) is 0 Å². The van der Waals surface area contributed by atoms with E-state index in [2.05, 4.69) is 43.4 Å². The van der Waals surface area contributed by atoms with E-state index in [1.807, 2.05) is 6.92 Å². The zero-order chi connectivity index (χ0) is 13.5. The van der Waals surface area contributed by atoms with Gasteiger partial charge in [0, 0.05) is 19.9 Å². The van der Waals surface area contributed by atoms with E-state index >= 15 is 0 Å². The summed E-state index contributed by atoms with van der Waals surface area (Å²) in [7, 11) is 3.30. The van der Waals surface area contributed by atoms with Crippen molar-refractivity contribution in [3.05, 3.63) is 29.8 Å². The zero-order valence-electron chi connectivity index (χ0n) is 12.1. The molecule has 0 saturated heterocycles. The van der Waals surface area contributed by atoms with Crippen LogP contribution in [-0.4, -0.2) is 26.6 Å². The average Bonchev–Trinajstić information content (AvgIpc) is 2.40. The molecule has 18 heavy (non-hydrogen) atoms. The second kappa shape index (κ2) is 7.39. The monoisotopic (exact) mass is 251 g/mol. The van der Waals surface area contributed by atoms with Crippen molar-refractivity contribution in [2.75, 3.05) is 19.5 Å². The average molecular weight is 251 g/mol. The molecule has 0 saturated carbocycles. The van der Waals surface area contributed by atoms with Crippen LogP contribution in [0.4, 0.5) is 5.69 Å². The minimum Gasteiger partial charge on any atom is -0.377 e. The smallest absolute Gasteiger partial charge is 0.176 e. The summed E-state index contributed by atoms with van der Waals surface area (Å²) < 4.78 is 10.5. The molecule has 0 radical (unpaired) electrons. The number of nitrogens with one attached hydrogen (secondary N) is 1. The predicted molar refractivity (Wildman–Crippen MR) is 76.0 cm³/mol. The lowest BCUT2D eigenvalue weighted by Crippen LogP contribution is -2.33. The molecule has 0 aliphatic carbocycles. The number of methoxy groups -OCH3 is 2. The van der Waals surface area contributed by atoms with Crippen LogP contribution in [-0.2, 0) is 9.47 Å². The van der Waals surface area contributed by atoms with E-state index in [1.54, 1.807) is 14.2 Å². The van der Waals surface area contributed by atoms with Gasteiger partial charge in [0.2, 0.25) is 0 Å². The molecular formula is C15H25NO2. The van der Waals surface area contributed by atoms with Crippen LogP contribution in [0.2, 0.25) is 0 Å². The second-order valence-corrected chi connectivity index (χ2v) is 4.70. The van der Waals surface area contributed by atoms with E-state index in [0.29, 0.717) is 5.92 Å². The molecular weight excluding hydrogens is 226 g/mol. The van der Waals surface area contributed by atoms with Crippen molar-refractivity contribution in [1.29, 1.82) is 0 Å². The standard InChI is InChI=1S/C15H25NO2/c1-6-11(2)13-7-9-14(10-8-13)16-12(3)15(17-4)18-5/h7-12,15-16H,6H2,1-5H3. The first kappa shape index (κ1) is 15.0. The van der Waals surface area contributed by atoms with E-state index in [9.17, 15) is 0 Å². The van der Waals surface area contributed by atoms with Gasteiger partial charge in [0.25, 0.3) is 0 Å². The molecule has 0 bridgehead atoms. The summed E-state index contributed by atoms with van der Waals surface area (Å²) >= 11 is 0. The SMILES string of the molecule is CCC(C)c1ccc(NC(C)C(OC)OC)cc1. The van der Waals surface area contributed by atoms with E-state index in [1.165, 1.54) is 12.0 Å². The van der Waals surface area contributed by atoms with Gasteiger partial charge in [-0.25, -0.2) is 0 Å². The molecule has 2 unspecified atom stereocenters. The van der Waals surface area contributed by atoms with Crippen molar-refractivity contribution >= 4 is 5.69 Å². The topological polar surface area (TPSA) is 30.5 Å². The third kappa shape index (κ3) is 4.00. The molecule has 0 aromatic heterocycles. The summed E-state index contributed by atoms with van der Waals surface area (Å²) in [6, 6.07) is 8.69. The van der Waals surface area contributed by atoms with Crippen molar-refractivity contribution in [3.8, 4) is 0 Å². The maximum Gasteiger partial charge on any atom is 0.176 e. The van der Waals surface area contributed by atoms with Crippen molar-refractivity contribution in [2.45, 2.75) is 45.4 Å². The highest BCUT2D eigenvalue weighted by Crippen LogP contribution is 2.21. The highest BCUT2D eigenvalue weighted by molar-refractivity contribution is 5.46. The molecule has 0 aliphatic rings. The number of benzene rings is 1. The minimum absolute atomic E-state index is 0.106. The Morgan fingerprint density at radius 2 is 1.61 bits per heavy atom. The first-order valence-corrected chi connectivity index (χ1v) is 6.54. The Labute approximate surface area is 110 Å². The van der Waals surface area contributed by atoms with E-state index in [0.717, 1.165) is 5.69 Å². The number of hydrogen-bond acceptors (Lipinski definition) is 3. The minimum atomic E-state index is -0.237. The number of rotatable bonds is 7. The van der Waals surface area contributed by atoms with Gasteiger partial charge >= 0.3 is 0 Å². The van der Waals surface area contributed by atoms with Gasteiger partial charge in [-0.15, -0.1) is 0 Å².